The first-order valence-electron chi connectivity index (χ1n) is 12.8. The molecule has 0 bridgehead atoms. The Morgan fingerprint density at radius 1 is 0.897 bits per heavy atom. The van der Waals surface area contributed by atoms with Gasteiger partial charge in [-0.15, -0.1) is 21.6 Å². The number of rotatable bonds is 7. The zero-order valence-electron chi connectivity index (χ0n) is 22.4. The first kappa shape index (κ1) is 26.0. The van der Waals surface area contributed by atoms with E-state index in [-0.39, 0.29) is 0 Å². The molecule has 4 aromatic rings. The number of hydrogen-bond donors (Lipinski definition) is 2. The summed E-state index contributed by atoms with van der Waals surface area (Å²) in [5.74, 6) is 1.49. The molecule has 2 aromatic heterocycles. The topological polar surface area (TPSA) is 98.3 Å². The van der Waals surface area contributed by atoms with Gasteiger partial charge in [-0.25, -0.2) is 9.97 Å². The van der Waals surface area contributed by atoms with E-state index in [1.54, 1.807) is 0 Å². The van der Waals surface area contributed by atoms with Crippen molar-refractivity contribution in [2.75, 3.05) is 10.6 Å². The fraction of sp³-hybridized carbons (Fsp3) is 0.194. The van der Waals surface area contributed by atoms with E-state index < -0.39 is 0 Å². The van der Waals surface area contributed by atoms with Crippen LogP contribution in [0.4, 0.5) is 33.8 Å². The molecule has 0 radical (unpaired) electrons. The average molecular weight is 532 g/mol. The number of nitrogens with zero attached hydrogens (tertiary/aromatic N) is 5. The number of aryl methyl sites for hydroxylation is 2. The van der Waals surface area contributed by atoms with Gasteiger partial charge in [-0.05, 0) is 62.9 Å². The van der Waals surface area contributed by atoms with Gasteiger partial charge in [0.15, 0.2) is 11.6 Å². The monoisotopic (exact) mass is 531 g/mol. The van der Waals surface area contributed by atoms with Crippen molar-refractivity contribution in [3.05, 3.63) is 100 Å². The highest BCUT2D eigenvalue weighted by Gasteiger charge is 2.19. The molecule has 0 saturated heterocycles. The van der Waals surface area contributed by atoms with Crippen LogP contribution in [-0.2, 0) is 0 Å². The summed E-state index contributed by atoms with van der Waals surface area (Å²) in [6.07, 6.45) is 7.51. The number of benzene rings is 2. The second-order valence-corrected chi connectivity index (χ2v) is 10.5. The van der Waals surface area contributed by atoms with Crippen LogP contribution >= 0.6 is 11.3 Å². The highest BCUT2D eigenvalue weighted by molar-refractivity contribution is 7.13. The number of pyridine rings is 1. The molecular weight excluding hydrogens is 502 g/mol. The van der Waals surface area contributed by atoms with Crippen molar-refractivity contribution in [2.24, 2.45) is 16.1 Å². The Morgan fingerprint density at radius 2 is 1.54 bits per heavy atom. The Balaban J connectivity index is 1.52. The molecule has 1 atom stereocenters. The maximum Gasteiger partial charge on any atom is 0.230 e. The minimum Gasteiger partial charge on any atom is -0.339 e. The Labute approximate surface area is 232 Å². The molecule has 2 aromatic carbocycles. The van der Waals surface area contributed by atoms with E-state index in [0.29, 0.717) is 39.5 Å². The largest absolute Gasteiger partial charge is 0.339 e. The van der Waals surface area contributed by atoms with Gasteiger partial charge in [-0.3, -0.25) is 0 Å². The fourth-order valence-corrected chi connectivity index (χ4v) is 4.78. The summed E-state index contributed by atoms with van der Waals surface area (Å²) in [5.41, 5.74) is 7.57. The van der Waals surface area contributed by atoms with E-state index >= 15 is 0 Å². The van der Waals surface area contributed by atoms with Crippen molar-refractivity contribution in [1.29, 1.82) is 5.26 Å². The van der Waals surface area contributed by atoms with Gasteiger partial charge in [0.05, 0.1) is 11.3 Å². The van der Waals surface area contributed by atoms with Gasteiger partial charge in [0.1, 0.15) is 11.8 Å². The predicted octanol–water partition coefficient (Wildman–Crippen LogP) is 9.22. The van der Waals surface area contributed by atoms with Crippen LogP contribution in [0.2, 0.25) is 0 Å². The highest BCUT2D eigenvalue weighted by Crippen LogP contribution is 2.38. The number of anilines is 4. The maximum atomic E-state index is 10.1. The number of nitriles is 1. The molecule has 8 heteroatoms. The lowest BCUT2D eigenvalue weighted by Crippen LogP contribution is -2.04. The van der Waals surface area contributed by atoms with E-state index in [4.69, 9.17) is 4.98 Å². The van der Waals surface area contributed by atoms with Crippen molar-refractivity contribution in [2.45, 2.75) is 34.1 Å². The third kappa shape index (κ3) is 6.11. The summed E-state index contributed by atoms with van der Waals surface area (Å²) in [7, 11) is 0. The fourth-order valence-electron chi connectivity index (χ4n) is 4.13. The number of nitrogens with one attached hydrogen (secondary N) is 2. The SMILES string of the molecule is Cc1ccc(Nc2nc(Nc3ccc(C)cc3)c(N=Nc3nc(C4=CCC(C)C=C4)cs3)c(C)c2C#N)cc1. The van der Waals surface area contributed by atoms with Gasteiger partial charge in [0, 0.05) is 22.3 Å². The number of aromatic nitrogens is 2. The Hall–Kier alpha value is -4.61. The minimum atomic E-state index is 0.408. The summed E-state index contributed by atoms with van der Waals surface area (Å²) in [4.78, 5) is 9.47. The second kappa shape index (κ2) is 11.4. The molecule has 2 N–H and O–H groups in total. The van der Waals surface area contributed by atoms with Gasteiger partial charge in [0.25, 0.3) is 0 Å². The number of azo groups is 1. The van der Waals surface area contributed by atoms with Crippen LogP contribution in [0.15, 0.2) is 82.4 Å². The quantitative estimate of drug-likeness (QED) is 0.232. The predicted molar refractivity (Wildman–Crippen MR) is 160 cm³/mol. The maximum absolute atomic E-state index is 10.1. The van der Waals surface area contributed by atoms with Crippen molar-refractivity contribution in [1.82, 2.24) is 9.97 Å². The van der Waals surface area contributed by atoms with Crippen LogP contribution in [0.3, 0.4) is 0 Å². The first-order chi connectivity index (χ1) is 18.9. The normalized spacial score (nSPS) is 14.7. The average Bonchev–Trinajstić information content (AvgIpc) is 3.40. The Kier molecular flexibility index (Phi) is 7.62. The summed E-state index contributed by atoms with van der Waals surface area (Å²) in [5, 5.41) is 28.3. The van der Waals surface area contributed by atoms with Crippen LogP contribution in [-0.4, -0.2) is 9.97 Å². The van der Waals surface area contributed by atoms with Gasteiger partial charge in [-0.2, -0.15) is 5.26 Å². The van der Waals surface area contributed by atoms with Crippen molar-refractivity contribution in [3.8, 4) is 6.07 Å². The number of allylic oxidation sites excluding steroid dienone is 4. The van der Waals surface area contributed by atoms with E-state index in [1.165, 1.54) is 11.3 Å². The lowest BCUT2D eigenvalue weighted by Gasteiger charge is -2.16. The van der Waals surface area contributed by atoms with E-state index in [9.17, 15) is 5.26 Å². The Morgan fingerprint density at radius 3 is 2.13 bits per heavy atom. The lowest BCUT2D eigenvalue weighted by molar-refractivity contribution is 0.739. The lowest BCUT2D eigenvalue weighted by atomic mass is 9.97. The highest BCUT2D eigenvalue weighted by atomic mass is 32.1. The summed E-state index contributed by atoms with van der Waals surface area (Å²) < 4.78 is 0. The third-order valence-electron chi connectivity index (χ3n) is 6.49. The third-order valence-corrected chi connectivity index (χ3v) is 7.22. The second-order valence-electron chi connectivity index (χ2n) is 9.70. The summed E-state index contributed by atoms with van der Waals surface area (Å²) in [6, 6.07) is 18.3. The van der Waals surface area contributed by atoms with Gasteiger partial charge >= 0.3 is 0 Å². The molecule has 1 aliphatic rings. The van der Waals surface area contributed by atoms with Gasteiger partial charge in [-0.1, -0.05) is 60.5 Å². The molecule has 0 spiro atoms. The standard InChI is InChI=1S/C31H29N7S/c1-19-5-11-23(12-6-19)27-18-39-31(35-27)38-37-28-22(4)26(17-32)29(33-24-13-7-20(2)8-14-24)36-30(28)34-25-15-9-21(3)10-16-25/h5,7-16,18-19H,6H2,1-4H3,(H2,33,34,36). The summed E-state index contributed by atoms with van der Waals surface area (Å²) >= 11 is 1.43. The zero-order chi connectivity index (χ0) is 27.4. The van der Waals surface area contributed by atoms with E-state index in [0.717, 1.165) is 40.2 Å². The van der Waals surface area contributed by atoms with Crippen molar-refractivity contribution in [3.63, 3.8) is 0 Å². The summed E-state index contributed by atoms with van der Waals surface area (Å²) in [6.45, 7) is 8.13. The van der Waals surface area contributed by atoms with Crippen LogP contribution in [0, 0.1) is 38.0 Å². The van der Waals surface area contributed by atoms with Crippen LogP contribution in [0.1, 0.15) is 41.3 Å². The van der Waals surface area contributed by atoms with Crippen LogP contribution < -0.4 is 10.6 Å². The molecule has 5 rings (SSSR count). The number of hydrogen-bond acceptors (Lipinski definition) is 8. The molecule has 0 saturated carbocycles. The van der Waals surface area contributed by atoms with Crippen molar-refractivity contribution >= 4 is 50.7 Å². The van der Waals surface area contributed by atoms with Gasteiger partial charge < -0.3 is 10.6 Å². The molecule has 194 valence electrons. The van der Waals surface area contributed by atoms with Crippen LogP contribution in [0.5, 0.6) is 0 Å². The molecule has 39 heavy (non-hydrogen) atoms. The molecule has 0 fully saturated rings. The zero-order valence-corrected chi connectivity index (χ0v) is 23.2. The molecule has 2 heterocycles. The Bertz CT molecular complexity index is 1620. The first-order valence-corrected chi connectivity index (χ1v) is 13.7. The smallest absolute Gasteiger partial charge is 0.230 e. The van der Waals surface area contributed by atoms with Crippen LogP contribution in [0.25, 0.3) is 5.57 Å². The molecule has 7 nitrogen and oxygen atoms in total. The van der Waals surface area contributed by atoms with E-state index in [2.05, 4.69) is 57.1 Å². The number of thiazole rings is 1. The van der Waals surface area contributed by atoms with Crippen molar-refractivity contribution < 1.29 is 0 Å². The van der Waals surface area contributed by atoms with E-state index in [1.807, 2.05) is 74.7 Å². The minimum absolute atomic E-state index is 0.408. The molecule has 0 amide bonds. The molecule has 1 unspecified atom stereocenters. The van der Waals surface area contributed by atoms with Gasteiger partial charge in [0.2, 0.25) is 5.13 Å². The molecule has 0 aliphatic heterocycles. The molecule has 1 aliphatic carbocycles. The molecular formula is C31H29N7S.